The maximum absolute atomic E-state index is 13.3. The Morgan fingerprint density at radius 2 is 1.88 bits per heavy atom. The van der Waals surface area contributed by atoms with Gasteiger partial charge in [0.25, 0.3) is 5.91 Å². The highest BCUT2D eigenvalue weighted by atomic mass is 35.5. The van der Waals surface area contributed by atoms with Crippen molar-refractivity contribution in [2.45, 2.75) is 19.8 Å². The van der Waals surface area contributed by atoms with Crippen molar-refractivity contribution in [3.63, 3.8) is 0 Å². The average molecular weight is 492 g/mol. The Hall–Kier alpha value is -2.17. The molecule has 3 rings (SSSR count). The largest absolute Gasteiger partial charge is 0.573 e. The summed E-state index contributed by atoms with van der Waals surface area (Å²) in [5, 5.41) is 0.0588. The fourth-order valence-electron chi connectivity index (χ4n) is 3.29. The number of carbonyl (C=O) groups is 1. The van der Waals surface area contributed by atoms with Crippen molar-refractivity contribution >= 4 is 35.1 Å². The lowest BCUT2D eigenvalue weighted by Crippen LogP contribution is -2.48. The number of carbonyl (C=O) groups excluding carboxylic acids is 1. The third-order valence-corrected chi connectivity index (χ3v) is 5.77. The molecule has 1 N–H and O–H groups in total. The van der Waals surface area contributed by atoms with Crippen LogP contribution in [0.2, 0.25) is 5.02 Å². The van der Waals surface area contributed by atoms with Gasteiger partial charge in [0.2, 0.25) is 0 Å². The van der Waals surface area contributed by atoms with Crippen LogP contribution in [0.15, 0.2) is 36.4 Å². The molecule has 0 saturated carbocycles. The van der Waals surface area contributed by atoms with Gasteiger partial charge in [-0.1, -0.05) is 36.5 Å². The van der Waals surface area contributed by atoms with Crippen molar-refractivity contribution in [1.29, 1.82) is 0 Å². The standard InChI is InChI=1S/C21H22ClF4N3O2S/c1-2-32-27-18-6-4-15(12-19(18)31-21(24,25)26)20(30)29-9-7-28(8-10-29)13-14-3-5-17(23)16(22)11-14/h3-6,11-12,27H,2,7-10,13H2,1H3. The second-order valence-corrected chi connectivity index (χ2v) is 8.59. The highest BCUT2D eigenvalue weighted by Crippen LogP contribution is 2.33. The van der Waals surface area contributed by atoms with Crippen LogP contribution in [0.3, 0.4) is 0 Å². The summed E-state index contributed by atoms with van der Waals surface area (Å²) in [6, 6.07) is 8.55. The maximum atomic E-state index is 13.3. The van der Waals surface area contributed by atoms with Gasteiger partial charge < -0.3 is 14.4 Å². The van der Waals surface area contributed by atoms with Gasteiger partial charge in [-0.2, -0.15) is 0 Å². The molecule has 174 valence electrons. The normalized spacial score (nSPS) is 15.0. The molecular weight excluding hydrogens is 470 g/mol. The smallest absolute Gasteiger partial charge is 0.404 e. The van der Waals surface area contributed by atoms with Crippen molar-refractivity contribution in [3.8, 4) is 5.75 Å². The van der Waals surface area contributed by atoms with Crippen molar-refractivity contribution in [2.75, 3.05) is 36.7 Å². The molecule has 0 radical (unpaired) electrons. The molecule has 32 heavy (non-hydrogen) atoms. The number of nitrogens with one attached hydrogen (secondary N) is 1. The molecule has 0 unspecified atom stereocenters. The number of nitrogens with zero attached hydrogens (tertiary/aromatic N) is 2. The zero-order valence-electron chi connectivity index (χ0n) is 17.2. The van der Waals surface area contributed by atoms with Gasteiger partial charge in [0.05, 0.1) is 10.7 Å². The zero-order valence-corrected chi connectivity index (χ0v) is 18.8. The van der Waals surface area contributed by atoms with Crippen molar-refractivity contribution in [3.05, 3.63) is 58.4 Å². The third kappa shape index (κ3) is 6.66. The van der Waals surface area contributed by atoms with E-state index < -0.39 is 17.9 Å². The molecular formula is C21H22ClF4N3O2S. The van der Waals surface area contributed by atoms with E-state index in [0.29, 0.717) is 38.5 Å². The Labute approximate surface area is 192 Å². The molecule has 0 aromatic heterocycles. The highest BCUT2D eigenvalue weighted by molar-refractivity contribution is 8.00. The number of hydrogen-bond donors (Lipinski definition) is 1. The summed E-state index contributed by atoms with van der Waals surface area (Å²) in [4.78, 5) is 16.6. The van der Waals surface area contributed by atoms with Crippen molar-refractivity contribution in [2.24, 2.45) is 0 Å². The van der Waals surface area contributed by atoms with E-state index in [4.69, 9.17) is 11.6 Å². The SMILES string of the molecule is CCSNc1ccc(C(=O)N2CCN(Cc3ccc(F)c(Cl)c3)CC2)cc1OC(F)(F)F. The van der Waals surface area contributed by atoms with Crippen LogP contribution in [0.25, 0.3) is 0 Å². The van der Waals surface area contributed by atoms with Crippen LogP contribution in [0.5, 0.6) is 5.75 Å². The van der Waals surface area contributed by atoms with Gasteiger partial charge in [-0.25, -0.2) is 4.39 Å². The Morgan fingerprint density at radius 3 is 2.50 bits per heavy atom. The van der Waals surface area contributed by atoms with E-state index in [-0.39, 0.29) is 22.2 Å². The number of hydrogen-bond acceptors (Lipinski definition) is 5. The second-order valence-electron chi connectivity index (χ2n) is 7.11. The van der Waals surface area contributed by atoms with Gasteiger partial charge in [0.15, 0.2) is 5.75 Å². The molecule has 2 aromatic carbocycles. The molecule has 1 amide bonds. The number of piperazine rings is 1. The summed E-state index contributed by atoms with van der Waals surface area (Å²) >= 11 is 7.04. The van der Waals surface area contributed by atoms with Crippen LogP contribution < -0.4 is 9.46 Å². The summed E-state index contributed by atoms with van der Waals surface area (Å²) in [5.41, 5.74) is 1.13. The summed E-state index contributed by atoms with van der Waals surface area (Å²) in [6.45, 7) is 4.37. The van der Waals surface area contributed by atoms with E-state index in [1.165, 1.54) is 30.1 Å². The Bertz CT molecular complexity index is 953. The van der Waals surface area contributed by atoms with Gasteiger partial charge in [0.1, 0.15) is 5.82 Å². The number of rotatable bonds is 7. The quantitative estimate of drug-likeness (QED) is 0.414. The molecule has 2 aromatic rings. The monoisotopic (exact) mass is 491 g/mol. The minimum absolute atomic E-state index is 0.0588. The summed E-state index contributed by atoms with van der Waals surface area (Å²) in [6.07, 6.45) is -4.87. The Kier molecular flexibility index (Phi) is 8.13. The van der Waals surface area contributed by atoms with E-state index >= 15 is 0 Å². The first-order valence-electron chi connectivity index (χ1n) is 9.89. The predicted molar refractivity (Wildman–Crippen MR) is 117 cm³/mol. The molecule has 1 heterocycles. The van der Waals surface area contributed by atoms with E-state index in [1.807, 2.05) is 6.92 Å². The van der Waals surface area contributed by atoms with E-state index in [2.05, 4.69) is 14.4 Å². The average Bonchev–Trinajstić information content (AvgIpc) is 2.74. The van der Waals surface area contributed by atoms with E-state index in [9.17, 15) is 22.4 Å². The summed E-state index contributed by atoms with van der Waals surface area (Å²) in [7, 11) is 0. The van der Waals surface area contributed by atoms with Crippen LogP contribution in [0.1, 0.15) is 22.8 Å². The summed E-state index contributed by atoms with van der Waals surface area (Å²) < 4.78 is 58.7. The molecule has 0 aliphatic carbocycles. The maximum Gasteiger partial charge on any atom is 0.573 e. The number of amides is 1. The van der Waals surface area contributed by atoms with Gasteiger partial charge in [-0.15, -0.1) is 13.2 Å². The Balaban J connectivity index is 1.64. The lowest BCUT2D eigenvalue weighted by atomic mass is 10.1. The number of alkyl halides is 3. The molecule has 1 fully saturated rings. The molecule has 11 heteroatoms. The van der Waals surface area contributed by atoms with Crippen LogP contribution in [0.4, 0.5) is 23.2 Å². The summed E-state index contributed by atoms with van der Waals surface area (Å²) in [5.74, 6) is -0.651. The molecule has 1 saturated heterocycles. The molecule has 0 atom stereocenters. The Morgan fingerprint density at radius 1 is 1.16 bits per heavy atom. The minimum Gasteiger partial charge on any atom is -0.404 e. The molecule has 0 spiro atoms. The highest BCUT2D eigenvalue weighted by Gasteiger charge is 2.33. The van der Waals surface area contributed by atoms with E-state index in [0.717, 1.165) is 11.6 Å². The first-order valence-corrected chi connectivity index (χ1v) is 11.3. The van der Waals surface area contributed by atoms with Crippen molar-refractivity contribution < 1.29 is 27.1 Å². The van der Waals surface area contributed by atoms with Gasteiger partial charge >= 0.3 is 6.36 Å². The predicted octanol–water partition coefficient (Wildman–Crippen LogP) is 5.42. The van der Waals surface area contributed by atoms with Gasteiger partial charge in [-0.05, 0) is 35.9 Å². The molecule has 5 nitrogen and oxygen atoms in total. The number of anilines is 1. The van der Waals surface area contributed by atoms with Gasteiger partial charge in [-0.3, -0.25) is 9.69 Å². The van der Waals surface area contributed by atoms with Crippen LogP contribution >= 0.6 is 23.5 Å². The molecule has 0 bridgehead atoms. The first-order chi connectivity index (χ1) is 15.2. The zero-order chi connectivity index (χ0) is 23.3. The van der Waals surface area contributed by atoms with Crippen LogP contribution in [-0.2, 0) is 6.54 Å². The molecule has 1 aliphatic rings. The van der Waals surface area contributed by atoms with Crippen molar-refractivity contribution in [1.82, 2.24) is 9.80 Å². The molecule has 1 aliphatic heterocycles. The first kappa shape index (κ1) is 24.5. The fourth-order valence-corrected chi connectivity index (χ4v) is 3.96. The van der Waals surface area contributed by atoms with Crippen LogP contribution in [0, 0.1) is 5.82 Å². The lowest BCUT2D eigenvalue weighted by molar-refractivity contribution is -0.274. The third-order valence-electron chi connectivity index (χ3n) is 4.83. The number of benzene rings is 2. The topological polar surface area (TPSA) is 44.8 Å². The minimum atomic E-state index is -4.87. The second kappa shape index (κ2) is 10.6. The van der Waals surface area contributed by atoms with Crippen LogP contribution in [-0.4, -0.2) is 54.0 Å². The van der Waals surface area contributed by atoms with Gasteiger partial charge in [0, 0.05) is 44.0 Å². The lowest BCUT2D eigenvalue weighted by Gasteiger charge is -2.35. The van der Waals surface area contributed by atoms with E-state index in [1.54, 1.807) is 17.0 Å². The fraction of sp³-hybridized carbons (Fsp3) is 0.381. The number of ether oxygens (including phenoxy) is 1. The number of halogens is 5.